The van der Waals surface area contributed by atoms with Gasteiger partial charge in [-0.15, -0.1) is 0 Å². The summed E-state index contributed by atoms with van der Waals surface area (Å²) in [6.07, 6.45) is -1.37. The Hall–Kier alpha value is -3.17. The second kappa shape index (κ2) is 15.2. The van der Waals surface area contributed by atoms with Gasteiger partial charge in [0.2, 0.25) is 24.1 Å². The highest BCUT2D eigenvalue weighted by atomic mass is 19.4. The third kappa shape index (κ3) is 7.26. The van der Waals surface area contributed by atoms with Gasteiger partial charge in [0.25, 0.3) is 0 Å². The van der Waals surface area contributed by atoms with Crippen LogP contribution < -0.4 is 0 Å². The summed E-state index contributed by atoms with van der Waals surface area (Å²) in [7, 11) is 0. The fraction of sp³-hybridized carbons (Fsp3) is 0.714. The molecular formula is C42H55F3O11. The van der Waals surface area contributed by atoms with Crippen molar-refractivity contribution >= 4 is 11.9 Å². The van der Waals surface area contributed by atoms with Gasteiger partial charge in [0.1, 0.15) is 13.2 Å². The minimum atomic E-state index is -4.93. The van der Waals surface area contributed by atoms with E-state index in [-0.39, 0.29) is 53.4 Å². The summed E-state index contributed by atoms with van der Waals surface area (Å²) in [4.78, 5) is 32.1. The van der Waals surface area contributed by atoms with Crippen LogP contribution in [0, 0.1) is 46.8 Å². The summed E-state index contributed by atoms with van der Waals surface area (Å²) in [5.41, 5.74) is -0.0370. The second-order valence-electron chi connectivity index (χ2n) is 17.4. The summed E-state index contributed by atoms with van der Waals surface area (Å²) >= 11 is 0. The molecule has 0 radical (unpaired) electrons. The lowest BCUT2D eigenvalue weighted by molar-refractivity contribution is -0.427. The average molecular weight is 793 g/mol. The molecule has 2 saturated heterocycles. The van der Waals surface area contributed by atoms with Gasteiger partial charge in [-0.25, -0.2) is 19.7 Å². The molecule has 0 bridgehead atoms. The fourth-order valence-corrected chi connectivity index (χ4v) is 11.2. The van der Waals surface area contributed by atoms with Crippen LogP contribution in [0.15, 0.2) is 46.9 Å². The number of aliphatic hydroxyl groups is 1. The lowest BCUT2D eigenvalue weighted by atomic mass is 9.52. The van der Waals surface area contributed by atoms with E-state index in [0.29, 0.717) is 37.4 Å². The zero-order valence-electron chi connectivity index (χ0n) is 33.0. The monoisotopic (exact) mass is 792 g/mol. The minimum Gasteiger partial charge on any atom is -0.469 e. The molecule has 14 heteroatoms. The van der Waals surface area contributed by atoms with Gasteiger partial charge in [0, 0.05) is 35.3 Å². The Kier molecular flexibility index (Phi) is 11.1. The molecule has 6 aliphatic rings. The maximum Gasteiger partial charge on any atom is 0.449 e. The molecule has 4 fully saturated rings. The van der Waals surface area contributed by atoms with Gasteiger partial charge in [-0.05, 0) is 113 Å². The lowest BCUT2D eigenvalue weighted by Gasteiger charge is -2.57. The summed E-state index contributed by atoms with van der Waals surface area (Å²) in [6, 6.07) is 5.91. The molecule has 2 N–H and O–H groups in total. The van der Waals surface area contributed by atoms with E-state index in [1.54, 1.807) is 19.9 Å². The third-order valence-electron chi connectivity index (χ3n) is 14.2. The molecule has 1 aromatic carbocycles. The van der Waals surface area contributed by atoms with Crippen LogP contribution in [0.1, 0.15) is 120 Å². The van der Waals surface area contributed by atoms with Gasteiger partial charge in [0.15, 0.2) is 5.79 Å². The smallest absolute Gasteiger partial charge is 0.449 e. The van der Waals surface area contributed by atoms with Crippen molar-refractivity contribution < 1.29 is 66.4 Å². The summed E-state index contributed by atoms with van der Waals surface area (Å²) in [5, 5.41) is 20.6. The van der Waals surface area contributed by atoms with E-state index in [1.165, 1.54) is 25.1 Å². The Labute approximate surface area is 325 Å². The predicted octanol–water partition coefficient (Wildman–Crippen LogP) is 8.68. The Bertz CT molecular complexity index is 1740. The molecule has 56 heavy (non-hydrogen) atoms. The molecule has 0 aromatic heterocycles. The quantitative estimate of drug-likeness (QED) is 0.149. The van der Waals surface area contributed by atoms with Gasteiger partial charge >= 0.3 is 18.1 Å². The van der Waals surface area contributed by atoms with Crippen LogP contribution in [0.3, 0.4) is 0 Å². The molecule has 3 unspecified atom stereocenters. The molecule has 4 heterocycles. The molecule has 0 spiro atoms. The number of carbonyl (C=O) groups excluding carboxylic acids is 2. The summed E-state index contributed by atoms with van der Waals surface area (Å²) in [6.45, 7) is 10.5. The number of carbonyl (C=O) groups is 2. The van der Waals surface area contributed by atoms with Gasteiger partial charge in [-0.3, -0.25) is 0 Å². The van der Waals surface area contributed by atoms with Crippen molar-refractivity contribution in [3.8, 4) is 0 Å². The standard InChI is InChI=1S/C42H55F3O11/c1-7-41-31-17-18-39(5,48)55-38(41)52-24(4)29(32(41)15-13-23(31)3)20-50-35(46)27-10-8-9-11-28(27)36(47)51-21-30-26-14-12-22(2)25-16-19-40(6,56-49)54-37(33(25)26)53-34(30)42(43,44)45/h8-11,22-23,25-26,31-33,37-38,48-49H,7,12-21H2,1-6H3/t22-,23-,25?,26+,31?,32+,33?,37-,38-,39+,40-,41+/m1/s1. The van der Waals surface area contributed by atoms with Crippen molar-refractivity contribution in [3.63, 3.8) is 0 Å². The van der Waals surface area contributed by atoms with Crippen LogP contribution in [0.2, 0.25) is 0 Å². The Morgan fingerprint density at radius 3 is 2.14 bits per heavy atom. The lowest BCUT2D eigenvalue weighted by Crippen LogP contribution is -2.57. The van der Waals surface area contributed by atoms with Crippen LogP contribution in [0.25, 0.3) is 0 Å². The van der Waals surface area contributed by atoms with Crippen molar-refractivity contribution in [2.24, 2.45) is 46.8 Å². The van der Waals surface area contributed by atoms with Gasteiger partial charge in [0.05, 0.1) is 16.9 Å². The van der Waals surface area contributed by atoms with Crippen molar-refractivity contribution in [2.45, 2.75) is 130 Å². The van der Waals surface area contributed by atoms with Gasteiger partial charge in [-0.1, -0.05) is 32.9 Å². The molecule has 7 rings (SSSR count). The number of benzene rings is 1. The van der Waals surface area contributed by atoms with E-state index in [4.69, 9.17) is 28.4 Å². The number of alkyl halides is 3. The average Bonchev–Trinajstić information content (AvgIpc) is 3.38. The van der Waals surface area contributed by atoms with Crippen molar-refractivity contribution in [2.75, 3.05) is 13.2 Å². The highest BCUT2D eigenvalue weighted by Crippen LogP contribution is 2.62. The number of esters is 2. The van der Waals surface area contributed by atoms with E-state index in [2.05, 4.69) is 18.7 Å². The highest BCUT2D eigenvalue weighted by Gasteiger charge is 2.62. The maximum absolute atomic E-state index is 14.6. The zero-order chi connectivity index (χ0) is 40.4. The number of hydrogen-bond acceptors (Lipinski definition) is 11. The van der Waals surface area contributed by atoms with Crippen molar-refractivity contribution in [1.82, 2.24) is 0 Å². The van der Waals surface area contributed by atoms with Crippen LogP contribution in [-0.4, -0.2) is 65.8 Å². The first-order valence-corrected chi connectivity index (χ1v) is 20.1. The zero-order valence-corrected chi connectivity index (χ0v) is 33.0. The number of hydrogen-bond donors (Lipinski definition) is 2. The molecule has 2 saturated carbocycles. The van der Waals surface area contributed by atoms with E-state index in [9.17, 15) is 33.1 Å². The molecule has 2 aliphatic carbocycles. The molecule has 12 atom stereocenters. The Morgan fingerprint density at radius 1 is 0.875 bits per heavy atom. The van der Waals surface area contributed by atoms with Crippen LogP contribution in [0.5, 0.6) is 0 Å². The third-order valence-corrected chi connectivity index (χ3v) is 14.2. The summed E-state index contributed by atoms with van der Waals surface area (Å²) in [5.74, 6) is -5.95. The van der Waals surface area contributed by atoms with Gasteiger partial charge in [-0.2, -0.15) is 13.2 Å². The molecule has 4 aliphatic heterocycles. The molecule has 0 amide bonds. The minimum absolute atomic E-state index is 0.0334. The molecule has 1 aromatic rings. The Morgan fingerprint density at radius 2 is 1.52 bits per heavy atom. The van der Waals surface area contributed by atoms with Crippen LogP contribution in [-0.2, 0) is 33.3 Å². The van der Waals surface area contributed by atoms with E-state index < -0.39 is 71.9 Å². The fourth-order valence-electron chi connectivity index (χ4n) is 11.2. The highest BCUT2D eigenvalue weighted by molar-refractivity contribution is 6.03. The maximum atomic E-state index is 14.6. The number of rotatable bonds is 8. The van der Waals surface area contributed by atoms with E-state index in [0.717, 1.165) is 31.3 Å². The first-order valence-electron chi connectivity index (χ1n) is 20.1. The number of allylic oxidation sites excluding steroid dienone is 2. The summed E-state index contributed by atoms with van der Waals surface area (Å²) < 4.78 is 79.6. The molecule has 11 nitrogen and oxygen atoms in total. The topological polar surface area (TPSA) is 139 Å². The first-order chi connectivity index (χ1) is 26.4. The van der Waals surface area contributed by atoms with Crippen molar-refractivity contribution in [3.05, 3.63) is 58.1 Å². The molecule has 310 valence electrons. The first kappa shape index (κ1) is 41.0. The number of halogens is 3. The van der Waals surface area contributed by atoms with Crippen LogP contribution >= 0.6 is 0 Å². The van der Waals surface area contributed by atoms with E-state index in [1.807, 2.05) is 6.92 Å². The van der Waals surface area contributed by atoms with Gasteiger partial charge < -0.3 is 33.5 Å². The number of ether oxygens (including phenoxy) is 6. The predicted molar refractivity (Wildman–Crippen MR) is 193 cm³/mol. The second-order valence-corrected chi connectivity index (χ2v) is 17.4. The SMILES string of the molecule is CC[C@@]12C3CC[C@@](C)(O)O[C@H]1OC(C)=C(COC(=O)c1ccccc1C(=O)OCC1=C(C(F)(F)F)O[C@@H]4O[C@](C)(OO)CCC5C4[C@H]1CC[C@H]5C)[C@@H]2CC[C@H]3C. The Balaban J connectivity index is 1.10. The largest absolute Gasteiger partial charge is 0.469 e. The normalized spacial score (nSPS) is 39.6. The van der Waals surface area contributed by atoms with Crippen molar-refractivity contribution in [1.29, 1.82) is 0 Å². The molecular weight excluding hydrogens is 737 g/mol. The van der Waals surface area contributed by atoms with E-state index >= 15 is 0 Å². The van der Waals surface area contributed by atoms with Crippen LogP contribution in [0.4, 0.5) is 13.2 Å².